The van der Waals surface area contributed by atoms with Crippen LogP contribution in [0.1, 0.15) is 5.56 Å². The zero-order chi connectivity index (χ0) is 14.4. The molecule has 2 heterocycles. The summed E-state index contributed by atoms with van der Waals surface area (Å²) in [6, 6.07) is 3.48. The third kappa shape index (κ3) is 3.67. The maximum atomic E-state index is 11.9. The van der Waals surface area contributed by atoms with Crippen molar-refractivity contribution in [2.75, 3.05) is 33.3 Å². The fourth-order valence-electron chi connectivity index (χ4n) is 1.94. The van der Waals surface area contributed by atoms with Gasteiger partial charge in [0.05, 0.1) is 7.11 Å². The second kappa shape index (κ2) is 6.85. The summed E-state index contributed by atoms with van der Waals surface area (Å²) >= 11 is 0. The first kappa shape index (κ1) is 14.3. The Morgan fingerprint density at radius 2 is 2.20 bits per heavy atom. The van der Waals surface area contributed by atoms with Gasteiger partial charge in [0, 0.05) is 45.0 Å². The van der Waals surface area contributed by atoms with Crippen LogP contribution in [0.3, 0.4) is 0 Å². The Morgan fingerprint density at radius 3 is 2.90 bits per heavy atom. The van der Waals surface area contributed by atoms with Crippen molar-refractivity contribution < 1.29 is 14.3 Å². The number of hydrogen-bond donors (Lipinski definition) is 2. The highest BCUT2D eigenvalue weighted by atomic mass is 16.5. The van der Waals surface area contributed by atoms with Crippen molar-refractivity contribution in [3.8, 4) is 5.88 Å². The number of carbonyl (C=O) groups excluding carboxylic acids is 2. The van der Waals surface area contributed by atoms with Crippen molar-refractivity contribution in [3.63, 3.8) is 0 Å². The summed E-state index contributed by atoms with van der Waals surface area (Å²) in [6.07, 6.45) is 1.60. The van der Waals surface area contributed by atoms with E-state index in [0.29, 0.717) is 19.0 Å². The highest BCUT2D eigenvalue weighted by Gasteiger charge is 2.22. The molecule has 0 spiro atoms. The molecule has 2 N–H and O–H groups in total. The first-order chi connectivity index (χ1) is 9.70. The average molecular weight is 278 g/mol. The molecule has 1 aliphatic rings. The lowest BCUT2D eigenvalue weighted by Crippen LogP contribution is -2.51. The van der Waals surface area contributed by atoms with Crippen LogP contribution in [0.4, 0.5) is 0 Å². The number of rotatable bonds is 3. The molecule has 0 atom stereocenters. The second-order valence-corrected chi connectivity index (χ2v) is 4.43. The molecule has 1 fully saturated rings. The predicted octanol–water partition coefficient (Wildman–Crippen LogP) is -0.862. The summed E-state index contributed by atoms with van der Waals surface area (Å²) in [5.74, 6) is -0.583. The molecule has 1 saturated heterocycles. The first-order valence-electron chi connectivity index (χ1n) is 6.47. The van der Waals surface area contributed by atoms with E-state index < -0.39 is 11.8 Å². The van der Waals surface area contributed by atoms with Gasteiger partial charge in [0.25, 0.3) is 0 Å². The maximum Gasteiger partial charge on any atom is 0.311 e. The highest BCUT2D eigenvalue weighted by Crippen LogP contribution is 2.08. The van der Waals surface area contributed by atoms with Gasteiger partial charge < -0.3 is 20.3 Å². The summed E-state index contributed by atoms with van der Waals surface area (Å²) in [5.41, 5.74) is 0.832. The van der Waals surface area contributed by atoms with Crippen molar-refractivity contribution in [2.24, 2.45) is 0 Å². The molecule has 0 saturated carbocycles. The number of carbonyl (C=O) groups is 2. The average Bonchev–Trinajstić information content (AvgIpc) is 2.53. The minimum atomic E-state index is -0.581. The Balaban J connectivity index is 1.86. The Labute approximate surface area is 117 Å². The molecule has 0 aromatic carbocycles. The fraction of sp³-hybridized carbons (Fsp3) is 0.462. The van der Waals surface area contributed by atoms with Crippen LogP contribution in [-0.4, -0.2) is 55.0 Å². The van der Waals surface area contributed by atoms with Crippen LogP contribution in [0.5, 0.6) is 5.88 Å². The molecular formula is C13H18N4O3. The van der Waals surface area contributed by atoms with Crippen molar-refractivity contribution >= 4 is 11.8 Å². The predicted molar refractivity (Wildman–Crippen MR) is 72.1 cm³/mol. The quantitative estimate of drug-likeness (QED) is 0.703. The molecular weight excluding hydrogens is 260 g/mol. The number of methoxy groups -OCH3 is 1. The van der Waals surface area contributed by atoms with Gasteiger partial charge in [-0.25, -0.2) is 4.98 Å². The number of amides is 2. The smallest absolute Gasteiger partial charge is 0.311 e. The molecule has 7 nitrogen and oxygen atoms in total. The number of pyridine rings is 1. The van der Waals surface area contributed by atoms with E-state index in [1.165, 1.54) is 7.11 Å². The van der Waals surface area contributed by atoms with E-state index in [0.717, 1.165) is 18.7 Å². The molecule has 2 rings (SSSR count). The van der Waals surface area contributed by atoms with Crippen LogP contribution in [0, 0.1) is 0 Å². The van der Waals surface area contributed by atoms with Crippen molar-refractivity contribution in [1.82, 2.24) is 20.5 Å². The van der Waals surface area contributed by atoms with E-state index in [1.54, 1.807) is 23.2 Å². The van der Waals surface area contributed by atoms with Gasteiger partial charge in [-0.05, 0) is 11.6 Å². The topological polar surface area (TPSA) is 83.6 Å². The van der Waals surface area contributed by atoms with Crippen LogP contribution >= 0.6 is 0 Å². The van der Waals surface area contributed by atoms with Gasteiger partial charge in [-0.3, -0.25) is 9.59 Å². The normalized spacial score (nSPS) is 14.8. The van der Waals surface area contributed by atoms with Crippen LogP contribution in [-0.2, 0) is 16.1 Å². The largest absolute Gasteiger partial charge is 0.481 e. The zero-order valence-corrected chi connectivity index (χ0v) is 11.4. The van der Waals surface area contributed by atoms with Crippen LogP contribution < -0.4 is 15.4 Å². The summed E-state index contributed by atoms with van der Waals surface area (Å²) in [5, 5.41) is 5.75. The van der Waals surface area contributed by atoms with E-state index in [2.05, 4.69) is 15.6 Å². The third-order valence-electron chi connectivity index (χ3n) is 3.06. The lowest BCUT2D eigenvalue weighted by atomic mass is 10.2. The van der Waals surface area contributed by atoms with E-state index in [-0.39, 0.29) is 6.54 Å². The van der Waals surface area contributed by atoms with Gasteiger partial charge in [-0.15, -0.1) is 0 Å². The summed E-state index contributed by atoms with van der Waals surface area (Å²) in [7, 11) is 1.53. The number of aromatic nitrogens is 1. The van der Waals surface area contributed by atoms with E-state index in [4.69, 9.17) is 4.74 Å². The Hall–Kier alpha value is -2.15. The van der Waals surface area contributed by atoms with E-state index in [1.807, 2.05) is 0 Å². The number of nitrogens with zero attached hydrogens (tertiary/aromatic N) is 2. The molecule has 0 bridgehead atoms. The molecule has 108 valence electrons. The van der Waals surface area contributed by atoms with Crippen LogP contribution in [0.15, 0.2) is 18.3 Å². The SMILES string of the molecule is COc1cc(CNC(=O)C(=O)N2CCNCC2)ccn1. The van der Waals surface area contributed by atoms with Crippen LogP contribution in [0.2, 0.25) is 0 Å². The summed E-state index contributed by atoms with van der Waals surface area (Å²) < 4.78 is 5.00. The minimum Gasteiger partial charge on any atom is -0.481 e. The molecule has 20 heavy (non-hydrogen) atoms. The molecule has 1 aliphatic heterocycles. The molecule has 2 amide bonds. The molecule has 1 aromatic rings. The van der Waals surface area contributed by atoms with E-state index >= 15 is 0 Å². The van der Waals surface area contributed by atoms with Crippen molar-refractivity contribution in [2.45, 2.75) is 6.54 Å². The minimum absolute atomic E-state index is 0.273. The van der Waals surface area contributed by atoms with Crippen LogP contribution in [0.25, 0.3) is 0 Å². The lowest BCUT2D eigenvalue weighted by Gasteiger charge is -2.26. The number of hydrogen-bond acceptors (Lipinski definition) is 5. The molecule has 1 aromatic heterocycles. The van der Waals surface area contributed by atoms with Gasteiger partial charge in [-0.2, -0.15) is 0 Å². The van der Waals surface area contributed by atoms with Gasteiger partial charge >= 0.3 is 11.8 Å². The van der Waals surface area contributed by atoms with Crippen molar-refractivity contribution in [3.05, 3.63) is 23.9 Å². The van der Waals surface area contributed by atoms with E-state index in [9.17, 15) is 9.59 Å². The van der Waals surface area contributed by atoms with Gasteiger partial charge in [0.15, 0.2) is 0 Å². The number of nitrogens with one attached hydrogen (secondary N) is 2. The van der Waals surface area contributed by atoms with Gasteiger partial charge in [0.1, 0.15) is 0 Å². The molecule has 0 unspecified atom stereocenters. The Bertz CT molecular complexity index is 486. The van der Waals surface area contributed by atoms with Crippen molar-refractivity contribution in [1.29, 1.82) is 0 Å². The monoisotopic (exact) mass is 278 g/mol. The first-order valence-corrected chi connectivity index (χ1v) is 6.47. The number of ether oxygens (including phenoxy) is 1. The van der Waals surface area contributed by atoms with Gasteiger partial charge in [-0.1, -0.05) is 0 Å². The standard InChI is InChI=1S/C13H18N4O3/c1-20-11-8-10(2-3-15-11)9-16-12(18)13(19)17-6-4-14-5-7-17/h2-3,8,14H,4-7,9H2,1H3,(H,16,18). The van der Waals surface area contributed by atoms with Gasteiger partial charge in [0.2, 0.25) is 5.88 Å². The molecule has 7 heteroatoms. The Morgan fingerprint density at radius 1 is 1.45 bits per heavy atom. The maximum absolute atomic E-state index is 11.9. The molecule has 0 aliphatic carbocycles. The highest BCUT2D eigenvalue weighted by molar-refractivity contribution is 6.34. The zero-order valence-electron chi connectivity index (χ0n) is 11.4. The summed E-state index contributed by atoms with van der Waals surface area (Å²) in [4.78, 5) is 29.2. The fourth-order valence-corrected chi connectivity index (χ4v) is 1.94. The summed E-state index contributed by atoms with van der Waals surface area (Å²) in [6.45, 7) is 2.85. The molecule has 0 radical (unpaired) electrons. The Kier molecular flexibility index (Phi) is 4.89. The number of piperazine rings is 1. The lowest BCUT2D eigenvalue weighted by molar-refractivity contribution is -0.146. The third-order valence-corrected chi connectivity index (χ3v) is 3.06. The second-order valence-electron chi connectivity index (χ2n) is 4.43.